The summed E-state index contributed by atoms with van der Waals surface area (Å²) in [6.07, 6.45) is 5.87. The average Bonchev–Trinajstić information content (AvgIpc) is 3.30. The number of anilines is 1. The molecule has 0 aliphatic heterocycles. The molecule has 0 saturated carbocycles. The van der Waals surface area contributed by atoms with E-state index in [1.54, 1.807) is 17.1 Å². The third-order valence-electron chi connectivity index (χ3n) is 3.98. The maximum Gasteiger partial charge on any atom is 0.213 e. The number of nitrogens with two attached hydrogens (primary N) is 1. The molecule has 0 aliphatic rings. The van der Waals surface area contributed by atoms with Crippen molar-refractivity contribution in [1.82, 2.24) is 24.9 Å². The van der Waals surface area contributed by atoms with Crippen LogP contribution in [0.25, 0.3) is 11.3 Å². The van der Waals surface area contributed by atoms with Gasteiger partial charge in [-0.25, -0.2) is 9.97 Å². The van der Waals surface area contributed by atoms with E-state index in [9.17, 15) is 0 Å². The number of aromatic nitrogens is 5. The highest BCUT2D eigenvalue weighted by atomic mass is 16.5. The second-order valence-corrected chi connectivity index (χ2v) is 6.07. The molecule has 4 aromatic rings. The van der Waals surface area contributed by atoms with Crippen LogP contribution < -0.4 is 10.5 Å². The molecule has 0 fully saturated rings. The number of aryl methyl sites for hydroxylation is 1. The first kappa shape index (κ1) is 16.8. The highest BCUT2D eigenvalue weighted by Gasteiger charge is 2.11. The molecule has 4 heterocycles. The molecule has 8 nitrogen and oxygen atoms in total. The van der Waals surface area contributed by atoms with Crippen LogP contribution in [0.15, 0.2) is 59.5 Å². The molecular weight excluding hydrogens is 344 g/mol. The van der Waals surface area contributed by atoms with Gasteiger partial charge in [-0.3, -0.25) is 4.68 Å². The van der Waals surface area contributed by atoms with E-state index in [-0.39, 0.29) is 0 Å². The lowest BCUT2D eigenvalue weighted by atomic mass is 10.1. The Kier molecular flexibility index (Phi) is 4.52. The van der Waals surface area contributed by atoms with Gasteiger partial charge in [-0.15, -0.1) is 0 Å². The summed E-state index contributed by atoms with van der Waals surface area (Å²) in [7, 11) is 1.87. The first-order chi connectivity index (χ1) is 13.2. The summed E-state index contributed by atoms with van der Waals surface area (Å²) >= 11 is 0. The number of pyridine rings is 2. The third-order valence-corrected chi connectivity index (χ3v) is 3.98. The molecule has 4 rings (SSSR count). The fraction of sp³-hybridized carbons (Fsp3) is 0.158. The van der Waals surface area contributed by atoms with Crippen LogP contribution in [0.3, 0.4) is 0 Å². The molecule has 0 aromatic carbocycles. The summed E-state index contributed by atoms with van der Waals surface area (Å²) in [5, 5.41) is 8.37. The molecule has 0 unspecified atom stereocenters. The lowest BCUT2D eigenvalue weighted by molar-refractivity contribution is 0.288. The van der Waals surface area contributed by atoms with E-state index in [0.29, 0.717) is 30.5 Å². The molecular formula is C19H18N6O2. The molecule has 0 aliphatic carbocycles. The SMILES string of the molecule is Cn1ccc(COc2ccc(Cc3cc(-c4cccnc4N)on3)cn2)n1. The van der Waals surface area contributed by atoms with Crippen molar-refractivity contribution in [1.29, 1.82) is 0 Å². The smallest absolute Gasteiger partial charge is 0.213 e. The normalized spacial score (nSPS) is 10.9. The Morgan fingerprint density at radius 2 is 2.07 bits per heavy atom. The Balaban J connectivity index is 1.39. The molecule has 0 saturated heterocycles. The zero-order chi connectivity index (χ0) is 18.6. The Bertz CT molecular complexity index is 1040. The topological polar surface area (TPSA) is 105 Å². The van der Waals surface area contributed by atoms with Crippen molar-refractivity contribution in [3.63, 3.8) is 0 Å². The van der Waals surface area contributed by atoms with Crippen LogP contribution in [0, 0.1) is 0 Å². The molecule has 136 valence electrons. The van der Waals surface area contributed by atoms with Crippen LogP contribution in [0.5, 0.6) is 5.88 Å². The predicted octanol–water partition coefficient (Wildman–Crippen LogP) is 2.62. The Labute approximate surface area is 155 Å². The Morgan fingerprint density at radius 1 is 1.15 bits per heavy atom. The van der Waals surface area contributed by atoms with Crippen molar-refractivity contribution in [2.75, 3.05) is 5.73 Å². The van der Waals surface area contributed by atoms with Crippen LogP contribution in [0.2, 0.25) is 0 Å². The van der Waals surface area contributed by atoms with Crippen molar-refractivity contribution >= 4 is 5.82 Å². The van der Waals surface area contributed by atoms with E-state index in [1.165, 1.54) is 0 Å². The van der Waals surface area contributed by atoms with Crippen molar-refractivity contribution in [2.45, 2.75) is 13.0 Å². The van der Waals surface area contributed by atoms with Gasteiger partial charge in [0.2, 0.25) is 5.88 Å². The van der Waals surface area contributed by atoms with Crippen molar-refractivity contribution < 1.29 is 9.26 Å². The maximum atomic E-state index is 5.87. The van der Waals surface area contributed by atoms with E-state index in [2.05, 4.69) is 20.2 Å². The monoisotopic (exact) mass is 362 g/mol. The van der Waals surface area contributed by atoms with Crippen molar-refractivity contribution in [3.8, 4) is 17.2 Å². The van der Waals surface area contributed by atoms with Gasteiger partial charge in [-0.05, 0) is 23.8 Å². The van der Waals surface area contributed by atoms with E-state index in [1.807, 2.05) is 49.6 Å². The molecule has 2 N–H and O–H groups in total. The summed E-state index contributed by atoms with van der Waals surface area (Å²) in [5.41, 5.74) is 9.25. The van der Waals surface area contributed by atoms with Gasteiger partial charge in [-0.1, -0.05) is 11.2 Å². The highest BCUT2D eigenvalue weighted by molar-refractivity contribution is 5.69. The molecule has 0 amide bonds. The minimum atomic E-state index is 0.381. The first-order valence-electron chi connectivity index (χ1n) is 8.40. The zero-order valence-corrected chi connectivity index (χ0v) is 14.7. The Morgan fingerprint density at radius 3 is 2.81 bits per heavy atom. The van der Waals surface area contributed by atoms with Gasteiger partial charge < -0.3 is 15.0 Å². The molecule has 0 radical (unpaired) electrons. The third kappa shape index (κ3) is 3.95. The Hall–Kier alpha value is -3.68. The van der Waals surface area contributed by atoms with Crippen LogP contribution >= 0.6 is 0 Å². The lowest BCUT2D eigenvalue weighted by Gasteiger charge is -2.04. The van der Waals surface area contributed by atoms with Crippen molar-refractivity contribution in [2.24, 2.45) is 7.05 Å². The van der Waals surface area contributed by atoms with Gasteiger partial charge in [0.15, 0.2) is 5.76 Å². The molecule has 0 spiro atoms. The second kappa shape index (κ2) is 7.28. The van der Waals surface area contributed by atoms with Gasteiger partial charge in [-0.2, -0.15) is 5.10 Å². The quantitative estimate of drug-likeness (QED) is 0.562. The van der Waals surface area contributed by atoms with Gasteiger partial charge in [0, 0.05) is 44.2 Å². The number of nitrogens with zero attached hydrogens (tertiary/aromatic N) is 5. The van der Waals surface area contributed by atoms with Gasteiger partial charge >= 0.3 is 0 Å². The summed E-state index contributed by atoms with van der Waals surface area (Å²) in [5.74, 6) is 1.56. The van der Waals surface area contributed by atoms with Crippen molar-refractivity contribution in [3.05, 3.63) is 71.9 Å². The van der Waals surface area contributed by atoms with E-state index >= 15 is 0 Å². The highest BCUT2D eigenvalue weighted by Crippen LogP contribution is 2.25. The summed E-state index contributed by atoms with van der Waals surface area (Å²) in [6, 6.07) is 11.2. The molecule has 0 bridgehead atoms. The van der Waals surface area contributed by atoms with Crippen LogP contribution in [0.1, 0.15) is 17.0 Å². The van der Waals surface area contributed by atoms with Crippen LogP contribution in [0.4, 0.5) is 5.82 Å². The molecule has 8 heteroatoms. The van der Waals surface area contributed by atoms with Gasteiger partial charge in [0.1, 0.15) is 12.4 Å². The number of ether oxygens (including phenoxy) is 1. The fourth-order valence-electron chi connectivity index (χ4n) is 2.65. The zero-order valence-electron chi connectivity index (χ0n) is 14.7. The van der Waals surface area contributed by atoms with Gasteiger partial charge in [0.25, 0.3) is 0 Å². The lowest BCUT2D eigenvalue weighted by Crippen LogP contribution is -1.99. The standard InChI is InChI=1S/C19H18N6O2/c1-25-8-6-14(23-25)12-26-18-5-4-13(11-22-18)9-15-10-17(27-24-15)16-3-2-7-21-19(16)20/h2-8,10-11H,9,12H2,1H3,(H2,20,21). The van der Waals surface area contributed by atoms with Gasteiger partial charge in [0.05, 0.1) is 17.0 Å². The van der Waals surface area contributed by atoms with E-state index < -0.39 is 0 Å². The average molecular weight is 362 g/mol. The fourth-order valence-corrected chi connectivity index (χ4v) is 2.65. The van der Waals surface area contributed by atoms with Crippen LogP contribution in [-0.4, -0.2) is 24.9 Å². The largest absolute Gasteiger partial charge is 0.471 e. The number of nitrogen functional groups attached to an aromatic ring is 1. The first-order valence-corrected chi connectivity index (χ1v) is 8.40. The number of rotatable bonds is 6. The van der Waals surface area contributed by atoms with E-state index in [0.717, 1.165) is 22.5 Å². The molecule has 27 heavy (non-hydrogen) atoms. The van der Waals surface area contributed by atoms with Crippen LogP contribution in [-0.2, 0) is 20.1 Å². The minimum Gasteiger partial charge on any atom is -0.471 e. The summed E-state index contributed by atoms with van der Waals surface area (Å²) < 4.78 is 12.8. The maximum absolute atomic E-state index is 5.87. The molecule has 4 aromatic heterocycles. The number of hydrogen-bond acceptors (Lipinski definition) is 7. The predicted molar refractivity (Wildman–Crippen MR) is 98.7 cm³/mol. The van der Waals surface area contributed by atoms with E-state index in [4.69, 9.17) is 15.0 Å². The molecule has 0 atom stereocenters. The summed E-state index contributed by atoms with van der Waals surface area (Å²) in [6.45, 7) is 0.381. The minimum absolute atomic E-state index is 0.381. The summed E-state index contributed by atoms with van der Waals surface area (Å²) in [4.78, 5) is 8.39. The number of hydrogen-bond donors (Lipinski definition) is 1. The second-order valence-electron chi connectivity index (χ2n) is 6.07.